The Morgan fingerprint density at radius 1 is 1.64 bits per heavy atom. The largest absolute Gasteiger partial charge is 0.480 e. The van der Waals surface area contributed by atoms with Gasteiger partial charge in [0.2, 0.25) is 8.61 Å². The quantitative estimate of drug-likeness (QED) is 0.621. The van der Waals surface area contributed by atoms with Crippen LogP contribution in [0.15, 0.2) is 0 Å². The van der Waals surface area contributed by atoms with Crippen molar-refractivity contribution in [3.05, 3.63) is 0 Å². The van der Waals surface area contributed by atoms with Crippen molar-refractivity contribution in [2.24, 2.45) is 5.92 Å². The third-order valence-electron chi connectivity index (χ3n) is 1.21. The predicted molar refractivity (Wildman–Crippen MR) is 41.6 cm³/mol. The van der Waals surface area contributed by atoms with E-state index in [-0.39, 0.29) is 14.5 Å². The number of rotatable bonds is 5. The fourth-order valence-corrected chi connectivity index (χ4v) is 1.09. The van der Waals surface area contributed by atoms with Crippen molar-refractivity contribution in [1.29, 1.82) is 0 Å². The Hall–Kier alpha value is -0.470. The highest BCUT2D eigenvalue weighted by Crippen LogP contribution is 2.06. The molecule has 0 amide bonds. The van der Waals surface area contributed by atoms with E-state index in [0.717, 1.165) is 0 Å². The number of carbonyl (C=O) groups is 1. The molecule has 0 saturated heterocycles. The molecule has 11 heavy (non-hydrogen) atoms. The topological polar surface area (TPSA) is 66.4 Å². The Balaban J connectivity index is 3.88. The molecule has 0 aliphatic carbocycles. The van der Waals surface area contributed by atoms with Crippen molar-refractivity contribution in [2.45, 2.75) is 26.3 Å². The van der Waals surface area contributed by atoms with Gasteiger partial charge in [0.25, 0.3) is 0 Å². The normalized spacial score (nSPS) is 13.7. The van der Waals surface area contributed by atoms with Crippen LogP contribution in [0.1, 0.15) is 20.3 Å². The van der Waals surface area contributed by atoms with Crippen molar-refractivity contribution < 1.29 is 14.5 Å². The van der Waals surface area contributed by atoms with Crippen LogP contribution in [0.5, 0.6) is 0 Å². The van der Waals surface area contributed by atoms with Crippen LogP contribution in [-0.2, 0) is 9.36 Å². The van der Waals surface area contributed by atoms with E-state index < -0.39 is 12.0 Å². The zero-order chi connectivity index (χ0) is 8.85. The molecule has 0 fully saturated rings. The van der Waals surface area contributed by atoms with Gasteiger partial charge in [-0.1, -0.05) is 13.8 Å². The first-order chi connectivity index (χ1) is 5.07. The van der Waals surface area contributed by atoms with Gasteiger partial charge in [-0.25, -0.2) is 5.09 Å². The molecule has 4 nitrogen and oxygen atoms in total. The minimum Gasteiger partial charge on any atom is -0.480 e. The average Bonchev–Trinajstić information content (AvgIpc) is 1.86. The molecule has 0 aromatic rings. The van der Waals surface area contributed by atoms with E-state index in [1.54, 1.807) is 0 Å². The SMILES string of the molecule is CC(C)CC(NP=O)C(=O)O. The summed E-state index contributed by atoms with van der Waals surface area (Å²) in [6, 6.07) is -0.700. The second kappa shape index (κ2) is 5.22. The maximum Gasteiger partial charge on any atom is 0.321 e. The molecule has 0 radical (unpaired) electrons. The molecular formula is C6H12NO3P. The van der Waals surface area contributed by atoms with Crippen molar-refractivity contribution >= 4 is 14.6 Å². The Labute approximate surface area is 67.2 Å². The van der Waals surface area contributed by atoms with E-state index in [0.29, 0.717) is 6.42 Å². The number of carboxylic acid groups (broad SMARTS) is 1. The molecule has 0 spiro atoms. The van der Waals surface area contributed by atoms with Gasteiger partial charge in [-0.05, 0) is 12.3 Å². The Kier molecular flexibility index (Phi) is 4.99. The highest BCUT2D eigenvalue weighted by molar-refractivity contribution is 7.21. The zero-order valence-electron chi connectivity index (χ0n) is 6.57. The lowest BCUT2D eigenvalue weighted by Crippen LogP contribution is -2.31. The Morgan fingerprint density at radius 2 is 2.18 bits per heavy atom. The summed E-state index contributed by atoms with van der Waals surface area (Å²) in [5.41, 5.74) is 0. The maximum absolute atomic E-state index is 10.4. The third-order valence-corrected chi connectivity index (χ3v) is 1.63. The van der Waals surface area contributed by atoms with Gasteiger partial charge >= 0.3 is 5.97 Å². The van der Waals surface area contributed by atoms with Crippen LogP contribution in [0.2, 0.25) is 0 Å². The zero-order valence-corrected chi connectivity index (χ0v) is 7.47. The maximum atomic E-state index is 10.4. The third kappa shape index (κ3) is 4.87. The highest BCUT2D eigenvalue weighted by Gasteiger charge is 2.17. The molecular weight excluding hydrogens is 165 g/mol. The van der Waals surface area contributed by atoms with Gasteiger partial charge in [0.05, 0.1) is 0 Å². The van der Waals surface area contributed by atoms with Crippen molar-refractivity contribution in [3.8, 4) is 0 Å². The first kappa shape index (κ1) is 10.5. The minimum atomic E-state index is -0.956. The Morgan fingerprint density at radius 3 is 2.45 bits per heavy atom. The molecule has 5 heteroatoms. The highest BCUT2D eigenvalue weighted by atomic mass is 31.1. The summed E-state index contributed by atoms with van der Waals surface area (Å²) in [5, 5.41) is 10.9. The van der Waals surface area contributed by atoms with E-state index in [9.17, 15) is 9.36 Å². The van der Waals surface area contributed by atoms with Gasteiger partial charge in [0.15, 0.2) is 0 Å². The predicted octanol–water partition coefficient (Wildman–Crippen LogP) is 1.28. The molecule has 1 atom stereocenters. The summed E-state index contributed by atoms with van der Waals surface area (Å²) >= 11 is 0. The lowest BCUT2D eigenvalue weighted by molar-refractivity contribution is -0.139. The monoisotopic (exact) mass is 177 g/mol. The summed E-state index contributed by atoms with van der Waals surface area (Å²) in [6.45, 7) is 3.83. The lowest BCUT2D eigenvalue weighted by atomic mass is 10.1. The number of hydrogen-bond donors (Lipinski definition) is 2. The fraction of sp³-hybridized carbons (Fsp3) is 0.833. The number of carboxylic acids is 1. The van der Waals surface area contributed by atoms with Crippen molar-refractivity contribution in [1.82, 2.24) is 5.09 Å². The number of hydrogen-bond acceptors (Lipinski definition) is 2. The van der Waals surface area contributed by atoms with Crippen LogP contribution in [0, 0.1) is 5.92 Å². The molecule has 0 heterocycles. The van der Waals surface area contributed by atoms with E-state index in [4.69, 9.17) is 5.11 Å². The Bertz CT molecular complexity index is 149. The summed E-state index contributed by atoms with van der Waals surface area (Å²) in [4.78, 5) is 10.4. The van der Waals surface area contributed by atoms with Crippen LogP contribution < -0.4 is 5.09 Å². The van der Waals surface area contributed by atoms with Gasteiger partial charge < -0.3 is 5.11 Å². The molecule has 0 aliphatic heterocycles. The number of nitrogens with one attached hydrogen (secondary N) is 1. The standard InChI is InChI=1S/C6H12NO3P/c1-4(2)3-5(6(8)9)7-11-10/h4-5H,3H2,1-2H3,(H,7,10)(H,8,9). The molecule has 2 N–H and O–H groups in total. The summed E-state index contributed by atoms with van der Waals surface area (Å²) in [5.74, 6) is -0.674. The van der Waals surface area contributed by atoms with Gasteiger partial charge in [-0.3, -0.25) is 9.36 Å². The first-order valence-corrected chi connectivity index (χ1v) is 4.19. The van der Waals surface area contributed by atoms with Crippen LogP contribution in [0.3, 0.4) is 0 Å². The first-order valence-electron chi connectivity index (χ1n) is 3.38. The molecule has 0 rings (SSSR count). The minimum absolute atomic E-state index is 0.283. The van der Waals surface area contributed by atoms with Crippen LogP contribution in [0.4, 0.5) is 0 Å². The van der Waals surface area contributed by atoms with Crippen molar-refractivity contribution in [2.75, 3.05) is 0 Å². The molecule has 0 aliphatic rings. The van der Waals surface area contributed by atoms with E-state index in [2.05, 4.69) is 5.09 Å². The lowest BCUT2D eigenvalue weighted by Gasteiger charge is -2.11. The van der Waals surface area contributed by atoms with E-state index >= 15 is 0 Å². The molecule has 0 aromatic carbocycles. The van der Waals surface area contributed by atoms with Gasteiger partial charge in [-0.2, -0.15) is 0 Å². The summed E-state index contributed by atoms with van der Waals surface area (Å²) in [6.07, 6.45) is 0.491. The van der Waals surface area contributed by atoms with E-state index in [1.807, 2.05) is 13.8 Å². The van der Waals surface area contributed by atoms with Gasteiger partial charge in [0, 0.05) is 0 Å². The smallest absolute Gasteiger partial charge is 0.321 e. The summed E-state index contributed by atoms with van der Waals surface area (Å²) in [7, 11) is -0.326. The van der Waals surface area contributed by atoms with Crippen LogP contribution in [-0.4, -0.2) is 17.1 Å². The van der Waals surface area contributed by atoms with Crippen LogP contribution in [0.25, 0.3) is 0 Å². The summed E-state index contributed by atoms with van der Waals surface area (Å²) < 4.78 is 10.0. The van der Waals surface area contributed by atoms with E-state index in [1.165, 1.54) is 0 Å². The number of aliphatic carboxylic acids is 1. The van der Waals surface area contributed by atoms with Crippen molar-refractivity contribution in [3.63, 3.8) is 0 Å². The fourth-order valence-electron chi connectivity index (χ4n) is 0.744. The molecule has 1 unspecified atom stereocenters. The second-order valence-corrected chi connectivity index (χ2v) is 3.18. The average molecular weight is 177 g/mol. The molecule has 0 saturated carbocycles. The van der Waals surface area contributed by atoms with Gasteiger partial charge in [-0.15, -0.1) is 0 Å². The van der Waals surface area contributed by atoms with Gasteiger partial charge in [0.1, 0.15) is 6.04 Å². The molecule has 64 valence electrons. The van der Waals surface area contributed by atoms with Crippen LogP contribution >= 0.6 is 8.61 Å². The second-order valence-electron chi connectivity index (χ2n) is 2.74. The molecule has 0 aromatic heterocycles. The molecule has 0 bridgehead atoms.